The number of nitrogens with one attached hydrogen (secondary N) is 4. The first-order valence-electron chi connectivity index (χ1n) is 13.2. The highest BCUT2D eigenvalue weighted by atomic mass is 19.4. The van der Waals surface area contributed by atoms with Gasteiger partial charge in [0.25, 0.3) is 5.91 Å². The van der Waals surface area contributed by atoms with Gasteiger partial charge in [0.1, 0.15) is 11.6 Å². The molecular weight excluding hydrogens is 517 g/mol. The van der Waals surface area contributed by atoms with E-state index in [1.54, 1.807) is 6.07 Å². The Kier molecular flexibility index (Phi) is 9.45. The van der Waals surface area contributed by atoms with Gasteiger partial charge in [0.2, 0.25) is 0 Å². The summed E-state index contributed by atoms with van der Waals surface area (Å²) in [6.07, 6.45) is 1.38. The summed E-state index contributed by atoms with van der Waals surface area (Å²) in [7, 11) is 0. The normalized spacial score (nSPS) is 15.6. The molecule has 0 saturated heterocycles. The lowest BCUT2D eigenvalue weighted by Gasteiger charge is -2.33. The highest BCUT2D eigenvalue weighted by Crippen LogP contribution is 2.40. The summed E-state index contributed by atoms with van der Waals surface area (Å²) in [6.45, 7) is 15.7. The van der Waals surface area contributed by atoms with Crippen LogP contribution in [0.1, 0.15) is 69.4 Å². The largest absolute Gasteiger partial charge is 0.394 e. The number of aliphatic imine (C=N–C) groups is 1. The number of hydrogen-bond acceptors (Lipinski definition) is 6. The first-order chi connectivity index (χ1) is 18.6. The minimum Gasteiger partial charge on any atom is -0.350 e. The molecule has 1 aliphatic heterocycles. The highest BCUT2D eigenvalue weighted by molar-refractivity contribution is 6.00. The molecule has 2 heterocycles. The van der Waals surface area contributed by atoms with Crippen molar-refractivity contribution in [1.29, 1.82) is 0 Å². The molecule has 0 fully saturated rings. The van der Waals surface area contributed by atoms with Crippen LogP contribution in [0.2, 0.25) is 0 Å². The van der Waals surface area contributed by atoms with Gasteiger partial charge in [-0.1, -0.05) is 45.9 Å². The van der Waals surface area contributed by atoms with Crippen LogP contribution in [0.4, 0.5) is 30.4 Å². The number of nitrogens with zero attached hydrogens (tertiary/aromatic N) is 2. The van der Waals surface area contributed by atoms with Crippen LogP contribution in [0.3, 0.4) is 0 Å². The van der Waals surface area contributed by atoms with E-state index in [0.717, 1.165) is 32.6 Å². The van der Waals surface area contributed by atoms with E-state index in [1.807, 2.05) is 19.9 Å². The van der Waals surface area contributed by atoms with Crippen molar-refractivity contribution >= 4 is 29.8 Å². The second-order valence-corrected chi connectivity index (χ2v) is 11.6. The average molecular weight is 557 g/mol. The maximum Gasteiger partial charge on any atom is 0.394 e. The summed E-state index contributed by atoms with van der Waals surface area (Å²) < 4.78 is 39.5. The number of fused-ring (bicyclic) bond motifs is 1. The standard InChI is InChI=1S/C30H39F3N6O/c1-19(2)37-27(40)22-17-36-26(38-21-11-12-23-20(14-21)16-35-18-28(23,3)4)15-24(22)39-25(34-7)10-8-9-13-29(5,6)30(31,32)33/h8-12,14-15,17,19,35H,7,13,16,18H2,1-6H3,(H,37,40)(H2,36,38,39)/b9-8-,25-10+. The monoisotopic (exact) mass is 556 g/mol. The van der Waals surface area contributed by atoms with Crippen molar-refractivity contribution in [1.82, 2.24) is 15.6 Å². The molecule has 1 aromatic carbocycles. The molecule has 40 heavy (non-hydrogen) atoms. The predicted molar refractivity (Wildman–Crippen MR) is 156 cm³/mol. The molecule has 4 N–H and O–H groups in total. The van der Waals surface area contributed by atoms with E-state index in [2.05, 4.69) is 63.9 Å². The zero-order valence-corrected chi connectivity index (χ0v) is 24.0. The van der Waals surface area contributed by atoms with E-state index >= 15 is 0 Å². The Balaban J connectivity index is 1.88. The van der Waals surface area contributed by atoms with Gasteiger partial charge in [-0.25, -0.2) is 9.98 Å². The number of hydrogen-bond donors (Lipinski definition) is 4. The lowest BCUT2D eigenvalue weighted by Crippen LogP contribution is -2.38. The van der Waals surface area contributed by atoms with Crippen LogP contribution in [-0.4, -0.2) is 36.4 Å². The van der Waals surface area contributed by atoms with Crippen LogP contribution >= 0.6 is 0 Å². The molecule has 0 spiro atoms. The summed E-state index contributed by atoms with van der Waals surface area (Å²) in [6, 6.07) is 7.80. The number of halogens is 3. The molecule has 2 aromatic rings. The number of aromatic nitrogens is 1. The van der Waals surface area contributed by atoms with Crippen molar-refractivity contribution in [2.45, 2.75) is 72.1 Å². The Morgan fingerprint density at radius 3 is 2.62 bits per heavy atom. The Morgan fingerprint density at radius 1 is 1.25 bits per heavy atom. The van der Waals surface area contributed by atoms with Gasteiger partial charge in [0, 0.05) is 42.5 Å². The summed E-state index contributed by atoms with van der Waals surface area (Å²) >= 11 is 0. The molecule has 0 radical (unpaired) electrons. The molecule has 216 valence electrons. The fraction of sp³-hybridized carbons (Fsp3) is 0.433. The van der Waals surface area contributed by atoms with Crippen LogP contribution in [0.15, 0.2) is 59.5 Å². The lowest BCUT2D eigenvalue weighted by atomic mass is 9.79. The third-order valence-corrected chi connectivity index (χ3v) is 6.78. The molecule has 0 atom stereocenters. The van der Waals surface area contributed by atoms with Crippen molar-refractivity contribution < 1.29 is 18.0 Å². The Morgan fingerprint density at radius 2 is 1.98 bits per heavy atom. The summed E-state index contributed by atoms with van der Waals surface area (Å²) in [5.74, 6) is 0.431. The van der Waals surface area contributed by atoms with Gasteiger partial charge in [0.05, 0.1) is 16.7 Å². The van der Waals surface area contributed by atoms with Gasteiger partial charge >= 0.3 is 6.18 Å². The van der Waals surface area contributed by atoms with Crippen LogP contribution in [0.5, 0.6) is 0 Å². The summed E-state index contributed by atoms with van der Waals surface area (Å²) in [4.78, 5) is 21.3. The highest BCUT2D eigenvalue weighted by Gasteiger charge is 2.46. The van der Waals surface area contributed by atoms with E-state index < -0.39 is 11.6 Å². The molecular formula is C30H39F3N6O. The maximum atomic E-state index is 13.2. The predicted octanol–water partition coefficient (Wildman–Crippen LogP) is 6.83. The van der Waals surface area contributed by atoms with Crippen LogP contribution < -0.4 is 21.3 Å². The molecule has 1 amide bonds. The number of alkyl halides is 3. The third kappa shape index (κ3) is 7.71. The summed E-state index contributed by atoms with van der Waals surface area (Å²) in [5, 5.41) is 12.7. The zero-order chi connectivity index (χ0) is 29.7. The van der Waals surface area contributed by atoms with Crippen molar-refractivity contribution in [2.24, 2.45) is 10.4 Å². The van der Waals surface area contributed by atoms with E-state index in [-0.39, 0.29) is 35.2 Å². The Bertz CT molecular complexity index is 1290. The second-order valence-electron chi connectivity index (χ2n) is 11.6. The molecule has 0 unspecified atom stereocenters. The van der Waals surface area contributed by atoms with E-state index in [4.69, 9.17) is 0 Å². The van der Waals surface area contributed by atoms with Crippen molar-refractivity contribution in [3.8, 4) is 0 Å². The number of pyridine rings is 1. The van der Waals surface area contributed by atoms with Gasteiger partial charge in [-0.2, -0.15) is 13.2 Å². The zero-order valence-electron chi connectivity index (χ0n) is 24.0. The second kappa shape index (κ2) is 12.2. The van der Waals surface area contributed by atoms with Gasteiger partial charge < -0.3 is 21.3 Å². The lowest BCUT2D eigenvalue weighted by molar-refractivity contribution is -0.210. The average Bonchev–Trinajstić information content (AvgIpc) is 2.84. The molecule has 0 aliphatic carbocycles. The molecule has 1 aliphatic rings. The van der Waals surface area contributed by atoms with E-state index in [1.165, 1.54) is 35.6 Å². The fourth-order valence-corrected chi connectivity index (χ4v) is 4.29. The number of amides is 1. The number of carbonyl (C=O) groups excluding carboxylic acids is 1. The molecule has 3 rings (SSSR count). The molecule has 7 nitrogen and oxygen atoms in total. The molecule has 0 saturated carbocycles. The Labute approximate surface area is 234 Å². The maximum absolute atomic E-state index is 13.2. The van der Waals surface area contributed by atoms with Gasteiger partial charge in [-0.15, -0.1) is 0 Å². The van der Waals surface area contributed by atoms with Gasteiger partial charge in [0.15, 0.2) is 0 Å². The minimum absolute atomic E-state index is 0.0320. The first-order valence-corrected chi connectivity index (χ1v) is 13.2. The number of rotatable bonds is 10. The SMILES string of the molecule is C=N/C(=C\C=C/CC(C)(C)C(F)(F)F)Nc1cc(Nc2ccc3c(c2)CNCC3(C)C)ncc1C(=O)NC(C)C. The van der Waals surface area contributed by atoms with Crippen molar-refractivity contribution in [2.75, 3.05) is 17.2 Å². The number of carbonyl (C=O) groups is 1. The summed E-state index contributed by atoms with van der Waals surface area (Å²) in [5.41, 5.74) is 2.23. The Hall–Kier alpha value is -3.66. The number of anilines is 3. The van der Waals surface area contributed by atoms with Crippen molar-refractivity contribution in [3.63, 3.8) is 0 Å². The smallest absolute Gasteiger partial charge is 0.350 e. The minimum atomic E-state index is -4.32. The molecule has 0 bridgehead atoms. The first kappa shape index (κ1) is 30.9. The van der Waals surface area contributed by atoms with Crippen LogP contribution in [0, 0.1) is 5.41 Å². The van der Waals surface area contributed by atoms with Gasteiger partial charge in [-0.05, 0) is 56.3 Å². The quantitative estimate of drug-likeness (QED) is 0.190. The van der Waals surface area contributed by atoms with Crippen molar-refractivity contribution in [3.05, 3.63) is 71.2 Å². The third-order valence-electron chi connectivity index (χ3n) is 6.78. The van der Waals surface area contributed by atoms with E-state index in [0.29, 0.717) is 11.5 Å². The van der Waals surface area contributed by atoms with E-state index in [9.17, 15) is 18.0 Å². The number of allylic oxidation sites excluding steroid dienone is 3. The topological polar surface area (TPSA) is 90.4 Å². The molecule has 10 heteroatoms. The van der Waals surface area contributed by atoms with Crippen LogP contribution in [-0.2, 0) is 12.0 Å². The van der Waals surface area contributed by atoms with Crippen LogP contribution in [0.25, 0.3) is 0 Å². The number of benzene rings is 1. The fourth-order valence-electron chi connectivity index (χ4n) is 4.29. The van der Waals surface area contributed by atoms with Gasteiger partial charge in [-0.3, -0.25) is 4.79 Å². The molecule has 1 aromatic heterocycles.